The SMILES string of the molecule is COC(=O)COc1ccc(NC(=O)CCc2nc(C3(NC(C)=O)CCCCCC3)no2)c(C)c1. The number of amides is 2. The standard InChI is InChI=1S/C24H32N4O6/c1-16-14-18(33-15-22(31)32-3)8-9-19(16)25-20(30)10-11-21-26-23(28-34-21)24(27-17(2)29)12-6-4-5-7-13-24/h8-9,14H,4-7,10-13,15H2,1-3H3,(H,25,30)(H,27,29). The van der Waals surface area contributed by atoms with Gasteiger partial charge in [0.2, 0.25) is 17.7 Å². The molecule has 0 aliphatic heterocycles. The molecule has 2 amide bonds. The Balaban J connectivity index is 1.57. The van der Waals surface area contributed by atoms with Crippen molar-refractivity contribution in [3.63, 3.8) is 0 Å². The van der Waals surface area contributed by atoms with Crippen molar-refractivity contribution in [1.29, 1.82) is 0 Å². The van der Waals surface area contributed by atoms with Crippen molar-refractivity contribution in [2.45, 2.75) is 70.8 Å². The Morgan fingerprint density at radius 2 is 1.88 bits per heavy atom. The Hall–Kier alpha value is -3.43. The Bertz CT molecular complexity index is 1010. The van der Waals surface area contributed by atoms with Gasteiger partial charge in [0.25, 0.3) is 0 Å². The maximum absolute atomic E-state index is 12.5. The van der Waals surface area contributed by atoms with E-state index in [9.17, 15) is 14.4 Å². The van der Waals surface area contributed by atoms with Crippen LogP contribution in [0.4, 0.5) is 5.69 Å². The van der Waals surface area contributed by atoms with E-state index in [2.05, 4.69) is 25.5 Å². The molecule has 10 nitrogen and oxygen atoms in total. The molecule has 0 saturated heterocycles. The van der Waals surface area contributed by atoms with Crippen molar-refractivity contribution in [2.75, 3.05) is 19.0 Å². The predicted octanol–water partition coefficient (Wildman–Crippen LogP) is 3.19. The topological polar surface area (TPSA) is 133 Å². The zero-order valence-electron chi connectivity index (χ0n) is 19.9. The third-order valence-electron chi connectivity index (χ3n) is 5.89. The molecule has 1 aromatic carbocycles. The highest BCUT2D eigenvalue weighted by atomic mass is 16.6. The van der Waals surface area contributed by atoms with Crippen LogP contribution >= 0.6 is 0 Å². The minimum Gasteiger partial charge on any atom is -0.482 e. The molecule has 1 saturated carbocycles. The molecule has 0 spiro atoms. The zero-order valence-corrected chi connectivity index (χ0v) is 19.9. The number of anilines is 1. The number of hydrogen-bond acceptors (Lipinski definition) is 8. The number of nitrogens with zero attached hydrogens (tertiary/aromatic N) is 2. The van der Waals surface area contributed by atoms with Gasteiger partial charge in [-0.05, 0) is 43.5 Å². The largest absolute Gasteiger partial charge is 0.482 e. The second-order valence-corrected chi connectivity index (χ2v) is 8.58. The average molecular weight is 473 g/mol. The van der Waals surface area contributed by atoms with Crippen molar-refractivity contribution in [2.24, 2.45) is 0 Å². The van der Waals surface area contributed by atoms with Gasteiger partial charge in [-0.2, -0.15) is 4.98 Å². The lowest BCUT2D eigenvalue weighted by atomic mass is 9.89. The van der Waals surface area contributed by atoms with E-state index >= 15 is 0 Å². The highest BCUT2D eigenvalue weighted by Crippen LogP contribution is 2.34. The van der Waals surface area contributed by atoms with Gasteiger partial charge >= 0.3 is 5.97 Å². The summed E-state index contributed by atoms with van der Waals surface area (Å²) in [7, 11) is 1.29. The summed E-state index contributed by atoms with van der Waals surface area (Å²) in [6.45, 7) is 3.15. The summed E-state index contributed by atoms with van der Waals surface area (Å²) in [6, 6.07) is 5.12. The third-order valence-corrected chi connectivity index (χ3v) is 5.89. The molecule has 1 fully saturated rings. The van der Waals surface area contributed by atoms with Gasteiger partial charge < -0.3 is 24.6 Å². The molecule has 2 N–H and O–H groups in total. The lowest BCUT2D eigenvalue weighted by Gasteiger charge is -2.30. The molecule has 1 aromatic heterocycles. The van der Waals surface area contributed by atoms with Crippen LogP contribution in [0, 0.1) is 6.92 Å². The van der Waals surface area contributed by atoms with Crippen LogP contribution in [0.15, 0.2) is 22.7 Å². The number of rotatable bonds is 9. The number of ether oxygens (including phenoxy) is 2. The highest BCUT2D eigenvalue weighted by Gasteiger charge is 2.38. The summed E-state index contributed by atoms with van der Waals surface area (Å²) >= 11 is 0. The number of benzene rings is 1. The lowest BCUT2D eigenvalue weighted by molar-refractivity contribution is -0.142. The molecule has 0 atom stereocenters. The Morgan fingerprint density at radius 3 is 2.53 bits per heavy atom. The Morgan fingerprint density at radius 1 is 1.15 bits per heavy atom. The second kappa shape index (κ2) is 11.6. The molecule has 3 rings (SSSR count). The first-order chi connectivity index (χ1) is 16.3. The number of aromatic nitrogens is 2. The van der Waals surface area contributed by atoms with E-state index in [1.165, 1.54) is 14.0 Å². The first kappa shape index (κ1) is 25.2. The summed E-state index contributed by atoms with van der Waals surface area (Å²) < 4.78 is 15.3. The van der Waals surface area contributed by atoms with Crippen LogP contribution in [-0.4, -0.2) is 41.6 Å². The van der Waals surface area contributed by atoms with Gasteiger partial charge in [-0.1, -0.05) is 30.8 Å². The number of carbonyl (C=O) groups is 3. The van der Waals surface area contributed by atoms with Crippen molar-refractivity contribution in [3.05, 3.63) is 35.5 Å². The van der Waals surface area contributed by atoms with Crippen LogP contribution in [0.2, 0.25) is 0 Å². The van der Waals surface area contributed by atoms with Crippen molar-refractivity contribution >= 4 is 23.5 Å². The van der Waals surface area contributed by atoms with E-state index in [0.29, 0.717) is 23.2 Å². The van der Waals surface area contributed by atoms with Crippen molar-refractivity contribution < 1.29 is 28.4 Å². The minimum atomic E-state index is -0.610. The molecule has 1 aliphatic rings. The van der Waals surface area contributed by atoms with Crippen LogP contribution in [0.5, 0.6) is 5.75 Å². The fourth-order valence-electron chi connectivity index (χ4n) is 4.12. The van der Waals surface area contributed by atoms with Crippen LogP contribution < -0.4 is 15.4 Å². The monoisotopic (exact) mass is 472 g/mol. The van der Waals surface area contributed by atoms with Gasteiger partial charge in [-0.3, -0.25) is 9.59 Å². The second-order valence-electron chi connectivity index (χ2n) is 8.58. The summed E-state index contributed by atoms with van der Waals surface area (Å²) in [5.74, 6) is 0.565. The summed E-state index contributed by atoms with van der Waals surface area (Å²) in [5.41, 5.74) is 0.826. The predicted molar refractivity (Wildman–Crippen MR) is 123 cm³/mol. The zero-order chi connectivity index (χ0) is 24.6. The summed E-state index contributed by atoms with van der Waals surface area (Å²) in [6.07, 6.45) is 6.18. The number of esters is 1. The van der Waals surface area contributed by atoms with Gasteiger partial charge in [-0.25, -0.2) is 4.79 Å². The van der Waals surface area contributed by atoms with E-state index < -0.39 is 11.5 Å². The van der Waals surface area contributed by atoms with Crippen LogP contribution in [-0.2, 0) is 31.1 Å². The Labute approximate surface area is 198 Å². The lowest BCUT2D eigenvalue weighted by Crippen LogP contribution is -2.45. The fourth-order valence-corrected chi connectivity index (χ4v) is 4.12. The normalized spacial score (nSPS) is 15.1. The van der Waals surface area contributed by atoms with Crippen LogP contribution in [0.3, 0.4) is 0 Å². The molecule has 10 heteroatoms. The molecular formula is C24H32N4O6. The Kier molecular flexibility index (Phi) is 8.61. The minimum absolute atomic E-state index is 0.121. The van der Waals surface area contributed by atoms with Crippen LogP contribution in [0.1, 0.15) is 69.1 Å². The van der Waals surface area contributed by atoms with Gasteiger partial charge in [0, 0.05) is 25.5 Å². The number of aryl methyl sites for hydroxylation is 2. The molecular weight excluding hydrogens is 440 g/mol. The average Bonchev–Trinajstić information content (AvgIpc) is 3.17. The molecule has 1 aliphatic carbocycles. The maximum atomic E-state index is 12.5. The molecule has 0 radical (unpaired) electrons. The van der Waals surface area contributed by atoms with Crippen molar-refractivity contribution in [3.8, 4) is 5.75 Å². The van der Waals surface area contributed by atoms with E-state index in [4.69, 9.17) is 9.26 Å². The number of hydrogen-bond donors (Lipinski definition) is 2. The molecule has 34 heavy (non-hydrogen) atoms. The van der Waals surface area contributed by atoms with E-state index in [1.54, 1.807) is 18.2 Å². The highest BCUT2D eigenvalue weighted by molar-refractivity contribution is 5.91. The molecule has 0 bridgehead atoms. The molecule has 1 heterocycles. The van der Waals surface area contributed by atoms with E-state index in [0.717, 1.165) is 44.1 Å². The number of methoxy groups -OCH3 is 1. The third kappa shape index (κ3) is 6.79. The summed E-state index contributed by atoms with van der Waals surface area (Å²) in [4.78, 5) is 40.1. The van der Waals surface area contributed by atoms with Gasteiger partial charge in [0.15, 0.2) is 12.4 Å². The quantitative estimate of drug-likeness (QED) is 0.420. The van der Waals surface area contributed by atoms with E-state index in [-0.39, 0.29) is 31.3 Å². The molecule has 0 unspecified atom stereocenters. The maximum Gasteiger partial charge on any atom is 0.343 e. The van der Waals surface area contributed by atoms with E-state index in [1.807, 2.05) is 6.92 Å². The first-order valence-electron chi connectivity index (χ1n) is 11.5. The summed E-state index contributed by atoms with van der Waals surface area (Å²) in [5, 5.41) is 10.1. The molecule has 184 valence electrons. The molecule has 2 aromatic rings. The number of carbonyl (C=O) groups excluding carboxylic acids is 3. The van der Waals surface area contributed by atoms with Gasteiger partial charge in [0.1, 0.15) is 11.3 Å². The first-order valence-corrected chi connectivity index (χ1v) is 11.5. The fraction of sp³-hybridized carbons (Fsp3) is 0.542. The van der Waals surface area contributed by atoms with Gasteiger partial charge in [0.05, 0.1) is 7.11 Å². The smallest absolute Gasteiger partial charge is 0.343 e. The van der Waals surface area contributed by atoms with Crippen molar-refractivity contribution in [1.82, 2.24) is 15.5 Å². The number of nitrogens with one attached hydrogen (secondary N) is 2. The van der Waals surface area contributed by atoms with Crippen LogP contribution in [0.25, 0.3) is 0 Å². The van der Waals surface area contributed by atoms with Gasteiger partial charge in [-0.15, -0.1) is 0 Å².